The number of amides is 1. The monoisotopic (exact) mass is 423 g/mol. The van der Waals surface area contributed by atoms with Crippen LogP contribution in [0.1, 0.15) is 15.9 Å². The molecule has 2 rings (SSSR count). The molecule has 2 aromatic carbocycles. The normalized spacial score (nSPS) is 13.3. The molecule has 2 aromatic rings. The molecular weight excluding hydrogens is 412 g/mol. The molecule has 0 saturated heterocycles. The van der Waals surface area contributed by atoms with Gasteiger partial charge in [0.1, 0.15) is 5.82 Å². The van der Waals surface area contributed by atoms with Crippen LogP contribution < -0.4 is 5.32 Å². The Kier molecular flexibility index (Phi) is 5.99. The molecule has 1 amide bonds. The van der Waals surface area contributed by atoms with Gasteiger partial charge < -0.3 is 5.32 Å². The predicted octanol–water partition coefficient (Wildman–Crippen LogP) is 4.03. The standard InChI is InChI=1S/C16H13Cl3FNO3S/c1-10-2-4-11(5-3-10)14(22)21-15(16(17,18)19)25(23,24)13-8-6-12(20)7-9-13/h2-9,15H,1H3,(H,21,22). The lowest BCUT2D eigenvalue weighted by molar-refractivity contribution is 0.0948. The summed E-state index contributed by atoms with van der Waals surface area (Å²) < 4.78 is 36.1. The first-order valence-electron chi connectivity index (χ1n) is 6.95. The minimum Gasteiger partial charge on any atom is -0.332 e. The van der Waals surface area contributed by atoms with Crippen LogP contribution >= 0.6 is 34.8 Å². The number of carbonyl (C=O) groups is 1. The van der Waals surface area contributed by atoms with Crippen LogP contribution in [0.25, 0.3) is 0 Å². The van der Waals surface area contributed by atoms with Crippen molar-refractivity contribution >= 4 is 50.5 Å². The quantitative estimate of drug-likeness (QED) is 0.595. The number of benzene rings is 2. The SMILES string of the molecule is Cc1ccc(C(=O)NC(C(Cl)(Cl)Cl)S(=O)(=O)c2ccc(F)cc2)cc1. The topological polar surface area (TPSA) is 63.2 Å². The first-order valence-corrected chi connectivity index (χ1v) is 9.63. The van der Waals surface area contributed by atoms with E-state index >= 15 is 0 Å². The van der Waals surface area contributed by atoms with E-state index in [0.29, 0.717) is 0 Å². The van der Waals surface area contributed by atoms with Gasteiger partial charge in [-0.15, -0.1) is 0 Å². The molecule has 0 heterocycles. The zero-order valence-electron chi connectivity index (χ0n) is 12.8. The molecule has 0 radical (unpaired) electrons. The molecule has 1 N–H and O–H groups in total. The van der Waals surface area contributed by atoms with E-state index in [0.717, 1.165) is 29.8 Å². The third-order valence-corrected chi connectivity index (χ3v) is 6.39. The second-order valence-electron chi connectivity index (χ2n) is 5.26. The van der Waals surface area contributed by atoms with Crippen molar-refractivity contribution in [3.63, 3.8) is 0 Å². The van der Waals surface area contributed by atoms with Gasteiger partial charge in [0.2, 0.25) is 13.6 Å². The maximum Gasteiger partial charge on any atom is 0.252 e. The van der Waals surface area contributed by atoms with E-state index in [9.17, 15) is 17.6 Å². The van der Waals surface area contributed by atoms with E-state index in [1.54, 1.807) is 12.1 Å². The highest BCUT2D eigenvalue weighted by Crippen LogP contribution is 2.36. The summed E-state index contributed by atoms with van der Waals surface area (Å²) in [5.41, 5.74) is 1.13. The van der Waals surface area contributed by atoms with Crippen LogP contribution in [0.15, 0.2) is 53.4 Å². The fraction of sp³-hybridized carbons (Fsp3) is 0.188. The van der Waals surface area contributed by atoms with E-state index in [2.05, 4.69) is 5.32 Å². The number of nitrogens with one attached hydrogen (secondary N) is 1. The number of hydrogen-bond donors (Lipinski definition) is 1. The molecule has 0 fully saturated rings. The Morgan fingerprint density at radius 1 is 1.04 bits per heavy atom. The fourth-order valence-corrected chi connectivity index (χ4v) is 4.62. The lowest BCUT2D eigenvalue weighted by atomic mass is 10.1. The molecule has 4 nitrogen and oxygen atoms in total. The van der Waals surface area contributed by atoms with E-state index in [1.807, 2.05) is 6.92 Å². The minimum absolute atomic E-state index is 0.208. The molecule has 0 bridgehead atoms. The van der Waals surface area contributed by atoms with E-state index in [1.165, 1.54) is 12.1 Å². The van der Waals surface area contributed by atoms with Gasteiger partial charge in [0.05, 0.1) is 4.90 Å². The molecule has 0 saturated carbocycles. The van der Waals surface area contributed by atoms with E-state index < -0.39 is 30.7 Å². The summed E-state index contributed by atoms with van der Waals surface area (Å²) >= 11 is 17.4. The molecule has 0 aliphatic carbocycles. The summed E-state index contributed by atoms with van der Waals surface area (Å²) in [7, 11) is -4.28. The van der Waals surface area contributed by atoms with Crippen LogP contribution in [0, 0.1) is 12.7 Å². The number of sulfone groups is 1. The maximum atomic E-state index is 13.0. The maximum absolute atomic E-state index is 13.0. The van der Waals surface area contributed by atoms with Crippen LogP contribution in [0.2, 0.25) is 0 Å². The third-order valence-electron chi connectivity index (χ3n) is 3.33. The fourth-order valence-electron chi connectivity index (χ4n) is 2.00. The Labute approximate surface area is 159 Å². The van der Waals surface area contributed by atoms with Gasteiger partial charge in [0.15, 0.2) is 5.37 Å². The highest BCUT2D eigenvalue weighted by atomic mass is 35.6. The molecule has 9 heteroatoms. The molecule has 0 aliphatic rings. The summed E-state index contributed by atoms with van der Waals surface area (Å²) in [6.07, 6.45) is 0. The summed E-state index contributed by atoms with van der Waals surface area (Å²) in [6, 6.07) is 10.4. The van der Waals surface area contributed by atoms with Gasteiger partial charge in [-0.05, 0) is 43.3 Å². The molecule has 1 atom stereocenters. The number of hydrogen-bond acceptors (Lipinski definition) is 3. The van der Waals surface area contributed by atoms with Gasteiger partial charge in [-0.3, -0.25) is 4.79 Å². The van der Waals surface area contributed by atoms with Gasteiger partial charge in [-0.2, -0.15) is 0 Å². The Morgan fingerprint density at radius 2 is 1.56 bits per heavy atom. The van der Waals surface area contributed by atoms with Gasteiger partial charge >= 0.3 is 0 Å². The second-order valence-corrected chi connectivity index (χ2v) is 9.66. The van der Waals surface area contributed by atoms with Crippen molar-refractivity contribution in [2.75, 3.05) is 0 Å². The Hall–Kier alpha value is -1.34. The number of alkyl halides is 3. The van der Waals surface area contributed by atoms with Crippen molar-refractivity contribution in [1.29, 1.82) is 0 Å². The lowest BCUT2D eigenvalue weighted by Gasteiger charge is -2.25. The van der Waals surface area contributed by atoms with Crippen molar-refractivity contribution < 1.29 is 17.6 Å². The molecule has 0 spiro atoms. The zero-order chi connectivity index (χ0) is 18.8. The average Bonchev–Trinajstić information content (AvgIpc) is 2.52. The van der Waals surface area contributed by atoms with Crippen molar-refractivity contribution in [3.05, 3.63) is 65.5 Å². The lowest BCUT2D eigenvalue weighted by Crippen LogP contribution is -2.49. The Balaban J connectivity index is 2.38. The summed E-state index contributed by atoms with van der Waals surface area (Å²) in [5, 5.41) is 0.372. The molecule has 1 unspecified atom stereocenters. The van der Waals surface area contributed by atoms with Crippen LogP contribution in [0.4, 0.5) is 4.39 Å². The minimum atomic E-state index is -4.28. The van der Waals surface area contributed by atoms with Crippen LogP contribution in [0.5, 0.6) is 0 Å². The number of carbonyl (C=O) groups excluding carboxylic acids is 1. The second kappa shape index (κ2) is 7.50. The first kappa shape index (κ1) is 20.0. The highest BCUT2D eigenvalue weighted by Gasteiger charge is 2.44. The zero-order valence-corrected chi connectivity index (χ0v) is 15.9. The highest BCUT2D eigenvalue weighted by molar-refractivity contribution is 7.92. The molecule has 134 valence electrons. The van der Waals surface area contributed by atoms with Crippen LogP contribution in [-0.4, -0.2) is 23.5 Å². The Bertz CT molecular complexity index is 863. The number of halogens is 4. The predicted molar refractivity (Wildman–Crippen MR) is 96.3 cm³/mol. The van der Waals surface area contributed by atoms with Crippen LogP contribution in [0.3, 0.4) is 0 Å². The number of rotatable bonds is 4. The smallest absolute Gasteiger partial charge is 0.252 e. The van der Waals surface area contributed by atoms with E-state index in [-0.39, 0.29) is 10.5 Å². The first-order chi connectivity index (χ1) is 11.5. The number of aryl methyl sites for hydroxylation is 1. The van der Waals surface area contributed by atoms with Gasteiger partial charge in [0.25, 0.3) is 5.91 Å². The van der Waals surface area contributed by atoms with Crippen LogP contribution in [-0.2, 0) is 9.84 Å². The summed E-state index contributed by atoms with van der Waals surface area (Å²) in [6.45, 7) is 1.84. The van der Waals surface area contributed by atoms with Crippen molar-refractivity contribution in [2.45, 2.75) is 21.0 Å². The van der Waals surface area contributed by atoms with Gasteiger partial charge in [0, 0.05) is 5.56 Å². The largest absolute Gasteiger partial charge is 0.332 e. The summed E-state index contributed by atoms with van der Waals surface area (Å²) in [5.74, 6) is -1.34. The van der Waals surface area contributed by atoms with Gasteiger partial charge in [-0.1, -0.05) is 52.5 Å². The molecular formula is C16H13Cl3FNO3S. The van der Waals surface area contributed by atoms with Gasteiger partial charge in [-0.25, -0.2) is 12.8 Å². The average molecular weight is 425 g/mol. The van der Waals surface area contributed by atoms with Crippen molar-refractivity contribution in [3.8, 4) is 0 Å². The van der Waals surface area contributed by atoms with E-state index in [4.69, 9.17) is 34.8 Å². The van der Waals surface area contributed by atoms with Crippen molar-refractivity contribution in [2.24, 2.45) is 0 Å². The molecule has 0 aromatic heterocycles. The third kappa shape index (κ3) is 4.85. The molecule has 25 heavy (non-hydrogen) atoms. The summed E-state index contributed by atoms with van der Waals surface area (Å²) in [4.78, 5) is 12.1. The van der Waals surface area contributed by atoms with Crippen molar-refractivity contribution in [1.82, 2.24) is 5.32 Å². The molecule has 0 aliphatic heterocycles. The Morgan fingerprint density at radius 3 is 2.04 bits per heavy atom.